The van der Waals surface area contributed by atoms with E-state index in [0.29, 0.717) is 4.47 Å². The van der Waals surface area contributed by atoms with Crippen LogP contribution in [0.25, 0.3) is 0 Å². The molecule has 0 radical (unpaired) electrons. The Morgan fingerprint density at radius 3 is 1.86 bits per heavy atom. The van der Waals surface area contributed by atoms with E-state index in [1.807, 2.05) is 6.07 Å². The highest BCUT2D eigenvalue weighted by Gasteiger charge is 2.06. The molecule has 0 saturated heterocycles. The number of aryl methyl sites for hydroxylation is 1. The lowest BCUT2D eigenvalue weighted by Gasteiger charge is -2.07. The van der Waals surface area contributed by atoms with E-state index in [9.17, 15) is 10.2 Å². The molecule has 0 fully saturated rings. The molecule has 3 heteroatoms. The summed E-state index contributed by atoms with van der Waals surface area (Å²) in [4.78, 5) is 0. The number of hydrogen-bond donors (Lipinski definition) is 2. The highest BCUT2D eigenvalue weighted by Crippen LogP contribution is 2.32. The van der Waals surface area contributed by atoms with E-state index >= 15 is 0 Å². The molecule has 0 aromatic heterocycles. The first-order chi connectivity index (χ1) is 10.1. The van der Waals surface area contributed by atoms with Gasteiger partial charge in [0.25, 0.3) is 0 Å². The van der Waals surface area contributed by atoms with Crippen LogP contribution in [0.2, 0.25) is 0 Å². The molecule has 1 aromatic carbocycles. The Balaban J connectivity index is 2.05. The van der Waals surface area contributed by atoms with Gasteiger partial charge < -0.3 is 10.2 Å². The van der Waals surface area contributed by atoms with Gasteiger partial charge in [0.2, 0.25) is 0 Å². The monoisotopic (exact) mass is 356 g/mol. The summed E-state index contributed by atoms with van der Waals surface area (Å²) >= 11 is 3.29. The second-order valence-electron chi connectivity index (χ2n) is 5.86. The number of rotatable bonds is 11. The highest BCUT2D eigenvalue weighted by atomic mass is 79.9. The van der Waals surface area contributed by atoms with Crippen LogP contribution in [-0.4, -0.2) is 10.2 Å². The summed E-state index contributed by atoms with van der Waals surface area (Å²) in [5.41, 5.74) is 0.916. The quantitative estimate of drug-likeness (QED) is 0.455. The molecule has 0 aliphatic rings. The molecule has 0 unspecified atom stereocenters. The third-order valence-corrected chi connectivity index (χ3v) is 4.58. The number of phenols is 2. The standard InChI is InChI=1S/C18H29BrO2/c1-2-3-4-5-6-7-8-9-10-11-12-15-13-16(19)18(21)14-17(15)20/h13-14,20-21H,2-12H2,1H3. The van der Waals surface area contributed by atoms with Gasteiger partial charge in [-0.3, -0.25) is 0 Å². The third-order valence-electron chi connectivity index (χ3n) is 3.95. The second kappa shape index (κ2) is 10.9. The topological polar surface area (TPSA) is 40.5 Å². The van der Waals surface area contributed by atoms with Gasteiger partial charge in [-0.2, -0.15) is 0 Å². The van der Waals surface area contributed by atoms with Crippen molar-refractivity contribution >= 4 is 15.9 Å². The third kappa shape index (κ3) is 7.75. The first-order valence-electron chi connectivity index (χ1n) is 8.35. The van der Waals surface area contributed by atoms with Crippen molar-refractivity contribution < 1.29 is 10.2 Å². The van der Waals surface area contributed by atoms with Crippen molar-refractivity contribution in [2.24, 2.45) is 0 Å². The molecule has 0 amide bonds. The van der Waals surface area contributed by atoms with Crippen molar-refractivity contribution in [2.45, 2.75) is 77.6 Å². The number of phenolic OH excluding ortho intramolecular Hbond substituents is 2. The normalized spacial score (nSPS) is 11.0. The fourth-order valence-corrected chi connectivity index (χ4v) is 2.99. The van der Waals surface area contributed by atoms with Gasteiger partial charge in [0.15, 0.2) is 0 Å². The smallest absolute Gasteiger partial charge is 0.133 e. The van der Waals surface area contributed by atoms with E-state index in [1.165, 1.54) is 63.9 Å². The predicted molar refractivity (Wildman–Crippen MR) is 93.0 cm³/mol. The zero-order valence-corrected chi connectivity index (χ0v) is 14.8. The molecular formula is C18H29BrO2. The fraction of sp³-hybridized carbons (Fsp3) is 0.667. The maximum absolute atomic E-state index is 9.78. The first kappa shape index (κ1) is 18.3. The Bertz CT molecular complexity index is 404. The molecule has 120 valence electrons. The number of halogens is 1. The minimum absolute atomic E-state index is 0.0966. The van der Waals surface area contributed by atoms with Crippen LogP contribution in [0.15, 0.2) is 16.6 Å². The van der Waals surface area contributed by atoms with E-state index in [-0.39, 0.29) is 11.5 Å². The van der Waals surface area contributed by atoms with Gasteiger partial charge in [-0.1, -0.05) is 64.7 Å². The number of unbranched alkanes of at least 4 members (excludes halogenated alkanes) is 9. The van der Waals surface area contributed by atoms with Crippen LogP contribution in [0, 0.1) is 0 Å². The Hall–Kier alpha value is -0.700. The summed E-state index contributed by atoms with van der Waals surface area (Å²) in [5, 5.41) is 19.2. The largest absolute Gasteiger partial charge is 0.508 e. The average Bonchev–Trinajstić information content (AvgIpc) is 2.46. The molecular weight excluding hydrogens is 328 g/mol. The van der Waals surface area contributed by atoms with E-state index < -0.39 is 0 Å². The second-order valence-corrected chi connectivity index (χ2v) is 6.72. The molecule has 0 heterocycles. The minimum Gasteiger partial charge on any atom is -0.508 e. The van der Waals surface area contributed by atoms with Crippen molar-refractivity contribution in [2.75, 3.05) is 0 Å². The van der Waals surface area contributed by atoms with Crippen molar-refractivity contribution in [3.8, 4) is 11.5 Å². The van der Waals surface area contributed by atoms with Crippen molar-refractivity contribution in [3.63, 3.8) is 0 Å². The van der Waals surface area contributed by atoms with Crippen LogP contribution in [0.5, 0.6) is 11.5 Å². The first-order valence-corrected chi connectivity index (χ1v) is 9.14. The summed E-state index contributed by atoms with van der Waals surface area (Å²) in [6, 6.07) is 3.23. The minimum atomic E-state index is 0.0966. The van der Waals surface area contributed by atoms with Gasteiger partial charge in [-0.25, -0.2) is 0 Å². The summed E-state index contributed by atoms with van der Waals surface area (Å²) < 4.78 is 0.655. The summed E-state index contributed by atoms with van der Waals surface area (Å²) in [5.74, 6) is 0.297. The lowest BCUT2D eigenvalue weighted by Crippen LogP contribution is -1.88. The predicted octanol–water partition coefficient (Wildman–Crippen LogP) is 6.32. The number of benzene rings is 1. The summed E-state index contributed by atoms with van der Waals surface area (Å²) in [6.07, 6.45) is 14.0. The van der Waals surface area contributed by atoms with Gasteiger partial charge in [0, 0.05) is 6.07 Å². The summed E-state index contributed by atoms with van der Waals surface area (Å²) in [7, 11) is 0. The zero-order chi connectivity index (χ0) is 15.5. The number of aromatic hydroxyl groups is 2. The highest BCUT2D eigenvalue weighted by molar-refractivity contribution is 9.10. The summed E-state index contributed by atoms with van der Waals surface area (Å²) in [6.45, 7) is 2.25. The van der Waals surface area contributed by atoms with Crippen molar-refractivity contribution in [1.29, 1.82) is 0 Å². The molecule has 0 aliphatic carbocycles. The van der Waals surface area contributed by atoms with Crippen LogP contribution >= 0.6 is 15.9 Å². The van der Waals surface area contributed by atoms with Crippen LogP contribution in [0.3, 0.4) is 0 Å². The Morgan fingerprint density at radius 2 is 1.29 bits per heavy atom. The van der Waals surface area contributed by atoms with Gasteiger partial charge in [-0.05, 0) is 40.4 Å². The molecule has 2 N–H and O–H groups in total. The lowest BCUT2D eigenvalue weighted by atomic mass is 10.0. The van der Waals surface area contributed by atoms with E-state index in [2.05, 4.69) is 22.9 Å². The van der Waals surface area contributed by atoms with Gasteiger partial charge in [0.1, 0.15) is 11.5 Å². The Labute approximate surface area is 137 Å². The van der Waals surface area contributed by atoms with Gasteiger partial charge in [-0.15, -0.1) is 0 Å². The number of hydrogen-bond acceptors (Lipinski definition) is 2. The molecule has 0 bridgehead atoms. The van der Waals surface area contributed by atoms with Gasteiger partial charge in [0.05, 0.1) is 4.47 Å². The van der Waals surface area contributed by atoms with Crippen molar-refractivity contribution in [3.05, 3.63) is 22.2 Å². The zero-order valence-electron chi connectivity index (χ0n) is 13.2. The molecule has 0 aliphatic heterocycles. The molecule has 0 atom stereocenters. The molecule has 0 saturated carbocycles. The average molecular weight is 357 g/mol. The van der Waals surface area contributed by atoms with E-state index in [4.69, 9.17) is 0 Å². The lowest BCUT2D eigenvalue weighted by molar-refractivity contribution is 0.442. The maximum atomic E-state index is 9.78. The van der Waals surface area contributed by atoms with Crippen molar-refractivity contribution in [1.82, 2.24) is 0 Å². The Morgan fingerprint density at radius 1 is 0.762 bits per heavy atom. The van der Waals surface area contributed by atoms with Crippen LogP contribution < -0.4 is 0 Å². The molecule has 1 rings (SSSR count). The molecule has 0 spiro atoms. The van der Waals surface area contributed by atoms with E-state index in [1.54, 1.807) is 0 Å². The molecule has 21 heavy (non-hydrogen) atoms. The van der Waals surface area contributed by atoms with Crippen LogP contribution in [0.1, 0.15) is 76.7 Å². The Kier molecular flexibility index (Phi) is 9.56. The fourth-order valence-electron chi connectivity index (χ4n) is 2.60. The van der Waals surface area contributed by atoms with Gasteiger partial charge >= 0.3 is 0 Å². The molecule has 1 aromatic rings. The van der Waals surface area contributed by atoms with E-state index in [0.717, 1.165) is 18.4 Å². The van der Waals surface area contributed by atoms with Crippen LogP contribution in [-0.2, 0) is 6.42 Å². The molecule has 2 nitrogen and oxygen atoms in total. The van der Waals surface area contributed by atoms with Crippen LogP contribution in [0.4, 0.5) is 0 Å². The maximum Gasteiger partial charge on any atom is 0.133 e. The SMILES string of the molecule is CCCCCCCCCCCCc1cc(Br)c(O)cc1O.